The quantitative estimate of drug-likeness (QED) is 0.193. The average molecular weight is 558 g/mol. The van der Waals surface area contributed by atoms with Crippen LogP contribution in [-0.2, 0) is 20.9 Å². The number of carbonyl (C=O) groups is 3. The van der Waals surface area contributed by atoms with Crippen LogP contribution in [0.15, 0.2) is 66.2 Å². The molecule has 1 fully saturated rings. The van der Waals surface area contributed by atoms with Gasteiger partial charge in [-0.25, -0.2) is 4.98 Å². The zero-order valence-corrected chi connectivity index (χ0v) is 23.5. The van der Waals surface area contributed by atoms with Crippen molar-refractivity contribution in [1.29, 1.82) is 0 Å². The smallest absolute Gasteiger partial charge is 0.325 e. The summed E-state index contributed by atoms with van der Waals surface area (Å²) in [5, 5.41) is 4.61. The number of pyridine rings is 1. The number of nitrogens with one attached hydrogen (secondary N) is 1. The Morgan fingerprint density at radius 3 is 2.35 bits per heavy atom. The fourth-order valence-corrected chi connectivity index (χ4v) is 5.67. The summed E-state index contributed by atoms with van der Waals surface area (Å²) in [5.74, 6) is -0.994. The van der Waals surface area contributed by atoms with Crippen molar-refractivity contribution in [1.82, 2.24) is 9.55 Å². The molecule has 0 saturated carbocycles. The minimum absolute atomic E-state index is 0.151. The van der Waals surface area contributed by atoms with Gasteiger partial charge in [0.2, 0.25) is 0 Å². The van der Waals surface area contributed by atoms with Crippen molar-refractivity contribution in [2.45, 2.75) is 20.4 Å². The number of ketones is 1. The molecule has 0 unspecified atom stereocenters. The van der Waals surface area contributed by atoms with Crippen LogP contribution in [0.25, 0.3) is 10.4 Å². The number of anilines is 3. The molecule has 1 N–H and O–H groups in total. The molecule has 0 spiro atoms. The lowest BCUT2D eigenvalue weighted by molar-refractivity contribution is -0.141. The average Bonchev–Trinajstić information content (AvgIpc) is 3.63. The number of amides is 1. The molecule has 0 radical (unpaired) electrons. The first-order valence-corrected chi connectivity index (χ1v) is 13.9. The Morgan fingerprint density at radius 1 is 0.975 bits per heavy atom. The number of nitrogens with zero attached hydrogens (tertiary/aromatic N) is 4. The minimum atomic E-state index is -0.773. The van der Waals surface area contributed by atoms with Crippen molar-refractivity contribution in [3.05, 3.63) is 83.1 Å². The molecular formula is C30H31N5O4S. The summed E-state index contributed by atoms with van der Waals surface area (Å²) < 4.78 is 6.22. The van der Waals surface area contributed by atoms with Crippen molar-refractivity contribution in [2.75, 3.05) is 48.4 Å². The van der Waals surface area contributed by atoms with E-state index >= 15 is 0 Å². The molecule has 1 saturated heterocycles. The maximum Gasteiger partial charge on any atom is 0.325 e. The van der Waals surface area contributed by atoms with Gasteiger partial charge in [-0.3, -0.25) is 14.4 Å². The Hall–Kier alpha value is -4.44. The van der Waals surface area contributed by atoms with Gasteiger partial charge in [0.1, 0.15) is 18.1 Å². The number of rotatable bonds is 8. The molecule has 9 nitrogen and oxygen atoms in total. The minimum Gasteiger partial charge on any atom is -0.468 e. The summed E-state index contributed by atoms with van der Waals surface area (Å²) in [6, 6.07) is 17.2. The summed E-state index contributed by atoms with van der Waals surface area (Å²) in [6.07, 6.45) is 1.62. The van der Waals surface area contributed by atoms with Gasteiger partial charge in [0.15, 0.2) is 0 Å². The van der Waals surface area contributed by atoms with Gasteiger partial charge < -0.3 is 24.4 Å². The predicted molar refractivity (Wildman–Crippen MR) is 157 cm³/mol. The monoisotopic (exact) mass is 557 g/mol. The number of ether oxygens (including phenoxy) is 1. The number of hydrogen-bond acceptors (Lipinski definition) is 8. The second-order valence-electron chi connectivity index (χ2n) is 9.71. The number of esters is 1. The van der Waals surface area contributed by atoms with E-state index < -0.39 is 17.7 Å². The summed E-state index contributed by atoms with van der Waals surface area (Å²) in [6.45, 7) is 7.36. The molecule has 0 bridgehead atoms. The number of Topliss-reactive ketones (excluding diaryl/α,β-unsaturated/α-hetero) is 1. The summed E-state index contributed by atoms with van der Waals surface area (Å²) in [7, 11) is 1.28. The van der Waals surface area contributed by atoms with Crippen LogP contribution in [0.3, 0.4) is 0 Å². The number of methoxy groups -OCH3 is 1. The highest BCUT2D eigenvalue weighted by atomic mass is 32.1. The van der Waals surface area contributed by atoms with Gasteiger partial charge in [0, 0.05) is 59.9 Å². The molecule has 1 aliphatic heterocycles. The normalized spacial score (nSPS) is 13.3. The second-order valence-corrected chi connectivity index (χ2v) is 10.7. The SMILES string of the molecule is COC(=O)Cn1ccc(-c2cccs2)c1C(=O)C(=O)Nc1ccc(N2CCN(c3cc(C)cc(C)n3)CC2)cc1. The van der Waals surface area contributed by atoms with E-state index in [1.54, 1.807) is 24.4 Å². The van der Waals surface area contributed by atoms with Gasteiger partial charge >= 0.3 is 5.97 Å². The highest BCUT2D eigenvalue weighted by Gasteiger charge is 2.26. The molecule has 4 aromatic rings. The largest absolute Gasteiger partial charge is 0.468 e. The molecule has 10 heteroatoms. The van der Waals surface area contributed by atoms with Crippen LogP contribution in [0, 0.1) is 13.8 Å². The van der Waals surface area contributed by atoms with E-state index in [-0.39, 0.29) is 12.2 Å². The van der Waals surface area contributed by atoms with Gasteiger partial charge in [-0.15, -0.1) is 11.3 Å². The highest BCUT2D eigenvalue weighted by Crippen LogP contribution is 2.30. The van der Waals surface area contributed by atoms with Crippen molar-refractivity contribution < 1.29 is 19.1 Å². The second kappa shape index (κ2) is 11.7. The van der Waals surface area contributed by atoms with Gasteiger partial charge in [-0.05, 0) is 73.3 Å². The lowest BCUT2D eigenvalue weighted by Gasteiger charge is -2.37. The van der Waals surface area contributed by atoms with Crippen LogP contribution in [-0.4, -0.2) is 60.5 Å². The molecule has 3 aromatic heterocycles. The number of piperazine rings is 1. The van der Waals surface area contributed by atoms with E-state index in [2.05, 4.69) is 39.2 Å². The van der Waals surface area contributed by atoms with Gasteiger partial charge in [-0.2, -0.15) is 0 Å². The van der Waals surface area contributed by atoms with Gasteiger partial charge in [0.25, 0.3) is 11.7 Å². The van der Waals surface area contributed by atoms with Crippen molar-refractivity contribution in [2.24, 2.45) is 0 Å². The number of benzene rings is 1. The third kappa shape index (κ3) is 5.91. The third-order valence-electron chi connectivity index (χ3n) is 6.88. The number of carbonyl (C=O) groups excluding carboxylic acids is 3. The molecule has 0 aliphatic carbocycles. The molecule has 1 amide bonds. The van der Waals surface area contributed by atoms with Crippen molar-refractivity contribution >= 4 is 46.2 Å². The molecule has 40 heavy (non-hydrogen) atoms. The maximum atomic E-state index is 13.3. The topological polar surface area (TPSA) is 96.8 Å². The van der Waals surface area contributed by atoms with E-state index in [1.165, 1.54) is 28.6 Å². The molecular weight excluding hydrogens is 526 g/mol. The van der Waals surface area contributed by atoms with E-state index in [0.29, 0.717) is 11.3 Å². The van der Waals surface area contributed by atoms with E-state index in [0.717, 1.165) is 48.3 Å². The first-order chi connectivity index (χ1) is 19.3. The lowest BCUT2D eigenvalue weighted by Crippen LogP contribution is -2.46. The highest BCUT2D eigenvalue weighted by molar-refractivity contribution is 7.13. The molecule has 5 rings (SSSR count). The Morgan fingerprint density at radius 2 is 1.70 bits per heavy atom. The molecule has 0 atom stereocenters. The summed E-state index contributed by atoms with van der Waals surface area (Å²) in [5.41, 5.74) is 4.55. The maximum absolute atomic E-state index is 13.3. The fourth-order valence-electron chi connectivity index (χ4n) is 4.92. The Bertz CT molecular complexity index is 1500. The van der Waals surface area contributed by atoms with Crippen LogP contribution in [0.2, 0.25) is 0 Å². The Labute approximate surface area is 237 Å². The molecule has 206 valence electrons. The zero-order chi connectivity index (χ0) is 28.2. The summed E-state index contributed by atoms with van der Waals surface area (Å²) >= 11 is 1.45. The Balaban J connectivity index is 1.25. The number of hydrogen-bond donors (Lipinski definition) is 1. The molecule has 1 aromatic carbocycles. The van der Waals surface area contributed by atoms with Crippen LogP contribution < -0.4 is 15.1 Å². The molecule has 1 aliphatic rings. The Kier molecular flexibility index (Phi) is 7.97. The number of aromatic nitrogens is 2. The summed E-state index contributed by atoms with van der Waals surface area (Å²) in [4.78, 5) is 48.4. The predicted octanol–water partition coefficient (Wildman–Crippen LogP) is 4.55. The van der Waals surface area contributed by atoms with Crippen molar-refractivity contribution in [3.8, 4) is 10.4 Å². The van der Waals surface area contributed by atoms with Crippen LogP contribution in [0.1, 0.15) is 21.7 Å². The van der Waals surface area contributed by atoms with Crippen LogP contribution in [0.5, 0.6) is 0 Å². The van der Waals surface area contributed by atoms with Gasteiger partial charge in [-0.1, -0.05) is 6.07 Å². The number of thiophene rings is 1. The van der Waals surface area contributed by atoms with Gasteiger partial charge in [0.05, 0.1) is 7.11 Å². The fraction of sp³-hybridized carbons (Fsp3) is 0.267. The standard InChI is InChI=1S/C30H31N5O4S/c1-20-17-21(2)31-26(18-20)34-14-12-33(13-15-34)23-8-6-22(7-9-23)32-30(38)29(37)28-24(25-5-4-16-40-25)10-11-35(28)19-27(36)39-3/h4-11,16-18H,12-15,19H2,1-3H3,(H,32,38). The van der Waals surface area contributed by atoms with Crippen LogP contribution in [0.4, 0.5) is 17.2 Å². The van der Waals surface area contributed by atoms with Crippen LogP contribution >= 0.6 is 11.3 Å². The zero-order valence-electron chi connectivity index (χ0n) is 22.7. The lowest BCUT2D eigenvalue weighted by atomic mass is 10.1. The van der Waals surface area contributed by atoms with E-state index in [9.17, 15) is 14.4 Å². The van der Waals surface area contributed by atoms with Crippen molar-refractivity contribution in [3.63, 3.8) is 0 Å². The number of aryl methyl sites for hydroxylation is 2. The van der Waals surface area contributed by atoms with E-state index in [1.807, 2.05) is 36.6 Å². The van der Waals surface area contributed by atoms with E-state index in [4.69, 9.17) is 4.74 Å². The first kappa shape index (κ1) is 27.1. The third-order valence-corrected chi connectivity index (χ3v) is 7.78. The first-order valence-electron chi connectivity index (χ1n) is 13.0. The molecule has 4 heterocycles.